The van der Waals surface area contributed by atoms with E-state index < -0.39 is 0 Å². The lowest BCUT2D eigenvalue weighted by Crippen LogP contribution is -2.17. The highest BCUT2D eigenvalue weighted by molar-refractivity contribution is 7.98. The van der Waals surface area contributed by atoms with Crippen molar-refractivity contribution >= 4 is 11.8 Å². The molecule has 0 amide bonds. The second kappa shape index (κ2) is 6.88. The Kier molecular flexibility index (Phi) is 4.40. The highest BCUT2D eigenvalue weighted by atomic mass is 32.2. The summed E-state index contributed by atoms with van der Waals surface area (Å²) in [5.41, 5.74) is 3.22. The van der Waals surface area contributed by atoms with Crippen LogP contribution in [-0.2, 0) is 5.75 Å². The lowest BCUT2D eigenvalue weighted by Gasteiger charge is -2.04. The fourth-order valence-electron chi connectivity index (χ4n) is 2.58. The van der Waals surface area contributed by atoms with Gasteiger partial charge in [0, 0.05) is 17.0 Å². The van der Waals surface area contributed by atoms with Crippen LogP contribution >= 0.6 is 11.8 Å². The van der Waals surface area contributed by atoms with Crippen LogP contribution < -0.4 is 5.84 Å². The molecule has 0 radical (unpaired) electrons. The average Bonchev–Trinajstić information content (AvgIpc) is 3.33. The number of halogens is 1. The zero-order chi connectivity index (χ0) is 19.0. The molecule has 0 unspecified atom stereocenters. The van der Waals surface area contributed by atoms with Crippen molar-refractivity contribution in [3.8, 4) is 17.4 Å². The van der Waals surface area contributed by atoms with E-state index in [4.69, 9.17) is 10.3 Å². The van der Waals surface area contributed by atoms with E-state index in [1.54, 1.807) is 23.1 Å². The van der Waals surface area contributed by atoms with E-state index in [9.17, 15) is 4.39 Å². The Bertz CT molecular complexity index is 1080. The number of nitrogens with zero attached hydrogens (tertiary/aromatic N) is 6. The normalized spacial score (nSPS) is 11.2. The Morgan fingerprint density at radius 3 is 2.67 bits per heavy atom. The van der Waals surface area contributed by atoms with Gasteiger partial charge < -0.3 is 10.3 Å². The molecule has 0 aliphatic heterocycles. The van der Waals surface area contributed by atoms with Gasteiger partial charge in [-0.3, -0.25) is 0 Å². The maximum Gasteiger partial charge on any atom is 0.271 e. The van der Waals surface area contributed by atoms with Gasteiger partial charge in [-0.25, -0.2) is 18.7 Å². The number of aromatic nitrogens is 6. The first-order valence-electron chi connectivity index (χ1n) is 8.08. The highest BCUT2D eigenvalue weighted by Crippen LogP contribution is 2.24. The fraction of sp³-hybridized carbons (Fsp3) is 0.176. The zero-order valence-corrected chi connectivity index (χ0v) is 15.4. The second-order valence-electron chi connectivity index (χ2n) is 5.93. The predicted molar refractivity (Wildman–Crippen MR) is 98.2 cm³/mol. The number of oxazole rings is 1. The largest absolute Gasteiger partial charge is 0.444 e. The van der Waals surface area contributed by atoms with Crippen LogP contribution in [0, 0.1) is 19.7 Å². The lowest BCUT2D eigenvalue weighted by molar-refractivity contribution is 0.573. The molecule has 3 aromatic heterocycles. The minimum Gasteiger partial charge on any atom is -0.444 e. The molecule has 0 aliphatic rings. The van der Waals surface area contributed by atoms with Crippen LogP contribution in [-0.4, -0.2) is 29.6 Å². The van der Waals surface area contributed by atoms with Gasteiger partial charge in [0.25, 0.3) is 5.95 Å². The summed E-state index contributed by atoms with van der Waals surface area (Å²) < 4.78 is 21.5. The van der Waals surface area contributed by atoms with Crippen molar-refractivity contribution in [2.24, 2.45) is 0 Å². The van der Waals surface area contributed by atoms with Crippen molar-refractivity contribution in [1.29, 1.82) is 0 Å². The Labute approximate surface area is 158 Å². The van der Waals surface area contributed by atoms with Crippen LogP contribution in [0.2, 0.25) is 0 Å². The average molecular weight is 385 g/mol. The van der Waals surface area contributed by atoms with Gasteiger partial charge in [0.1, 0.15) is 12.1 Å². The Hall–Kier alpha value is -3.14. The third-order valence-electron chi connectivity index (χ3n) is 3.84. The van der Waals surface area contributed by atoms with E-state index >= 15 is 0 Å². The number of rotatable bonds is 5. The molecule has 0 bridgehead atoms. The third-order valence-corrected chi connectivity index (χ3v) is 4.81. The second-order valence-corrected chi connectivity index (χ2v) is 6.87. The monoisotopic (exact) mass is 385 g/mol. The molecule has 138 valence electrons. The van der Waals surface area contributed by atoms with Crippen molar-refractivity contribution in [2.45, 2.75) is 24.8 Å². The van der Waals surface area contributed by atoms with Gasteiger partial charge in [0.15, 0.2) is 0 Å². The molecule has 27 heavy (non-hydrogen) atoms. The molecular formula is C17H16FN7OS. The lowest BCUT2D eigenvalue weighted by atomic mass is 10.2. The Morgan fingerprint density at radius 1 is 1.19 bits per heavy atom. The number of nitrogens with two attached hydrogens (primary N) is 1. The standard InChI is InChI=1S/C17H16FN7OS/c1-10-7-11(2)25(23-10)16-21-22-17(24(16)19)27-9-14-8-26-15(20-14)12-3-5-13(18)6-4-12/h3-8H,9,19H2,1-2H3. The number of aryl methyl sites for hydroxylation is 2. The summed E-state index contributed by atoms with van der Waals surface area (Å²) in [6, 6.07) is 7.91. The first-order chi connectivity index (χ1) is 13.0. The Morgan fingerprint density at radius 2 is 1.96 bits per heavy atom. The molecule has 0 aliphatic carbocycles. The summed E-state index contributed by atoms with van der Waals surface area (Å²) >= 11 is 1.38. The molecule has 2 N–H and O–H groups in total. The van der Waals surface area contributed by atoms with Gasteiger partial charge in [-0.05, 0) is 44.2 Å². The smallest absolute Gasteiger partial charge is 0.271 e. The van der Waals surface area contributed by atoms with Gasteiger partial charge >= 0.3 is 0 Å². The van der Waals surface area contributed by atoms with E-state index in [2.05, 4.69) is 20.3 Å². The minimum atomic E-state index is -0.304. The van der Waals surface area contributed by atoms with Crippen LogP contribution in [0.3, 0.4) is 0 Å². The number of thioether (sulfide) groups is 1. The third kappa shape index (κ3) is 3.43. The molecular weight excluding hydrogens is 369 g/mol. The fourth-order valence-corrected chi connectivity index (χ4v) is 3.31. The molecule has 8 nitrogen and oxygen atoms in total. The summed E-state index contributed by atoms with van der Waals surface area (Å²) in [5, 5.41) is 13.1. The van der Waals surface area contributed by atoms with Crippen molar-refractivity contribution in [3.63, 3.8) is 0 Å². The van der Waals surface area contributed by atoms with Crippen LogP contribution in [0.5, 0.6) is 0 Å². The summed E-state index contributed by atoms with van der Waals surface area (Å²) in [4.78, 5) is 4.41. The van der Waals surface area contributed by atoms with Crippen LogP contribution in [0.15, 0.2) is 46.2 Å². The van der Waals surface area contributed by atoms with E-state index in [-0.39, 0.29) is 5.82 Å². The number of benzene rings is 1. The maximum absolute atomic E-state index is 13.0. The topological polar surface area (TPSA) is 101 Å². The van der Waals surface area contributed by atoms with Gasteiger partial charge in [0.05, 0.1) is 11.4 Å². The number of nitrogen functional groups attached to an aromatic ring is 1. The van der Waals surface area contributed by atoms with Crippen LogP contribution in [0.25, 0.3) is 17.4 Å². The van der Waals surface area contributed by atoms with Gasteiger partial charge in [-0.1, -0.05) is 11.8 Å². The van der Waals surface area contributed by atoms with Crippen molar-refractivity contribution in [1.82, 2.24) is 29.6 Å². The van der Waals surface area contributed by atoms with E-state index in [0.29, 0.717) is 28.3 Å². The maximum atomic E-state index is 13.0. The van der Waals surface area contributed by atoms with Crippen molar-refractivity contribution < 1.29 is 8.81 Å². The summed E-state index contributed by atoms with van der Waals surface area (Å²) in [5.74, 6) is 7.19. The number of hydrogen-bond acceptors (Lipinski definition) is 7. The molecule has 0 fully saturated rings. The van der Waals surface area contributed by atoms with Crippen LogP contribution in [0.4, 0.5) is 4.39 Å². The summed E-state index contributed by atoms with van der Waals surface area (Å²) in [6.07, 6.45) is 1.56. The first-order valence-corrected chi connectivity index (χ1v) is 9.07. The molecule has 1 aromatic carbocycles. The minimum absolute atomic E-state index is 0.304. The van der Waals surface area contributed by atoms with Crippen LogP contribution in [0.1, 0.15) is 17.1 Å². The van der Waals surface area contributed by atoms with E-state index in [1.165, 1.54) is 28.6 Å². The van der Waals surface area contributed by atoms with Gasteiger partial charge in [-0.15, -0.1) is 10.2 Å². The molecule has 0 saturated carbocycles. The molecule has 4 aromatic rings. The molecule has 3 heterocycles. The van der Waals surface area contributed by atoms with Crippen molar-refractivity contribution in [3.05, 3.63) is 59.5 Å². The molecule has 0 saturated heterocycles. The molecule has 0 spiro atoms. The quantitative estimate of drug-likeness (QED) is 0.416. The Balaban J connectivity index is 1.48. The number of hydrogen-bond donors (Lipinski definition) is 1. The summed E-state index contributed by atoms with van der Waals surface area (Å²) in [6.45, 7) is 3.83. The van der Waals surface area contributed by atoms with Crippen molar-refractivity contribution in [2.75, 3.05) is 5.84 Å². The summed E-state index contributed by atoms with van der Waals surface area (Å²) in [7, 11) is 0. The van der Waals surface area contributed by atoms with Gasteiger partial charge in [-0.2, -0.15) is 5.10 Å². The van der Waals surface area contributed by atoms with E-state index in [1.807, 2.05) is 19.9 Å². The molecule has 0 atom stereocenters. The predicted octanol–water partition coefficient (Wildman–Crippen LogP) is 2.88. The SMILES string of the molecule is Cc1cc(C)n(-c2nnc(SCc3coc(-c4ccc(F)cc4)n3)n2N)n1. The highest BCUT2D eigenvalue weighted by Gasteiger charge is 2.16. The zero-order valence-electron chi connectivity index (χ0n) is 14.6. The molecule has 4 rings (SSSR count). The van der Waals surface area contributed by atoms with Gasteiger partial charge in [0.2, 0.25) is 11.0 Å². The first kappa shape index (κ1) is 17.3. The van der Waals surface area contributed by atoms with E-state index in [0.717, 1.165) is 17.1 Å². The molecule has 10 heteroatoms.